The molecule has 0 saturated carbocycles. The fourth-order valence-electron chi connectivity index (χ4n) is 2.23. The number of hydrogen-bond donors (Lipinski definition) is 0. The topological polar surface area (TPSA) is 3.24 Å². The van der Waals surface area contributed by atoms with E-state index in [1.807, 2.05) is 0 Å². The van der Waals surface area contributed by atoms with E-state index in [9.17, 15) is 0 Å². The van der Waals surface area contributed by atoms with Gasteiger partial charge >= 0.3 is 0 Å². The van der Waals surface area contributed by atoms with Gasteiger partial charge in [-0.2, -0.15) is 0 Å². The van der Waals surface area contributed by atoms with E-state index < -0.39 is 0 Å². The minimum absolute atomic E-state index is 1.04. The molecule has 1 nitrogen and oxygen atoms in total. The molecule has 0 aromatic heterocycles. The van der Waals surface area contributed by atoms with Crippen molar-refractivity contribution in [3.8, 4) is 0 Å². The van der Waals surface area contributed by atoms with Gasteiger partial charge < -0.3 is 0 Å². The summed E-state index contributed by atoms with van der Waals surface area (Å²) in [6, 6.07) is 0. The van der Waals surface area contributed by atoms with Gasteiger partial charge in [0.05, 0.1) is 0 Å². The summed E-state index contributed by atoms with van der Waals surface area (Å²) in [4.78, 5) is 0. The van der Waals surface area contributed by atoms with Crippen LogP contribution in [0, 0.1) is 5.92 Å². The van der Waals surface area contributed by atoms with Crippen LogP contribution in [0.4, 0.5) is 0 Å². The van der Waals surface area contributed by atoms with Crippen LogP contribution in [0.3, 0.4) is 0 Å². The highest BCUT2D eigenvalue weighted by atomic mass is 127. The Labute approximate surface area is 103 Å². The average Bonchev–Trinajstić information content (AvgIpc) is 2.21. The Morgan fingerprint density at radius 3 is 2.36 bits per heavy atom. The zero-order valence-electron chi connectivity index (χ0n) is 9.47. The lowest BCUT2D eigenvalue weighted by molar-refractivity contribution is 0.288. The molecule has 1 saturated heterocycles. The molecule has 0 aromatic rings. The van der Waals surface area contributed by atoms with Crippen molar-refractivity contribution in [3.63, 3.8) is 0 Å². The molecule has 0 aromatic carbocycles. The Morgan fingerprint density at radius 1 is 1.07 bits per heavy atom. The van der Waals surface area contributed by atoms with Crippen LogP contribution >= 0.6 is 22.9 Å². The molecule has 2 heteroatoms. The van der Waals surface area contributed by atoms with Gasteiger partial charge in [-0.05, 0) is 18.8 Å². The lowest BCUT2D eigenvalue weighted by atomic mass is 9.92. The highest BCUT2D eigenvalue weighted by Crippen LogP contribution is 2.24. The van der Waals surface area contributed by atoms with E-state index in [0.29, 0.717) is 0 Å². The third-order valence-corrected chi connectivity index (χ3v) is 4.24. The number of halogens is 1. The van der Waals surface area contributed by atoms with Gasteiger partial charge in [-0.25, -0.2) is 3.11 Å². The zero-order valence-corrected chi connectivity index (χ0v) is 11.6. The molecular weight excluding hydrogens is 285 g/mol. The van der Waals surface area contributed by atoms with Crippen molar-refractivity contribution >= 4 is 22.9 Å². The van der Waals surface area contributed by atoms with Crippen LogP contribution in [0.1, 0.15) is 58.3 Å². The second kappa shape index (κ2) is 7.91. The second-order valence-corrected chi connectivity index (χ2v) is 5.92. The zero-order chi connectivity index (χ0) is 10.2. The Bertz CT molecular complexity index is 130. The van der Waals surface area contributed by atoms with Crippen LogP contribution in [-0.4, -0.2) is 16.2 Å². The van der Waals surface area contributed by atoms with Crippen molar-refractivity contribution in [1.29, 1.82) is 0 Å². The number of nitrogens with zero attached hydrogens (tertiary/aromatic N) is 1. The highest BCUT2D eigenvalue weighted by molar-refractivity contribution is 14.1. The average molecular weight is 309 g/mol. The van der Waals surface area contributed by atoms with Crippen molar-refractivity contribution < 1.29 is 0 Å². The highest BCUT2D eigenvalue weighted by Gasteiger charge is 2.16. The first-order valence-corrected chi connectivity index (χ1v) is 7.20. The summed E-state index contributed by atoms with van der Waals surface area (Å²) in [6.07, 6.45) is 11.6. The lowest BCUT2D eigenvalue weighted by Gasteiger charge is -2.27. The van der Waals surface area contributed by atoms with Gasteiger partial charge in [-0.3, -0.25) is 0 Å². The van der Waals surface area contributed by atoms with Crippen LogP contribution in [-0.2, 0) is 0 Å². The molecule has 1 aliphatic rings. The van der Waals surface area contributed by atoms with Crippen molar-refractivity contribution in [3.05, 3.63) is 0 Å². The normalized spacial score (nSPS) is 20.1. The first-order chi connectivity index (χ1) is 6.83. The smallest absolute Gasteiger partial charge is 0.0201 e. The molecule has 1 fully saturated rings. The van der Waals surface area contributed by atoms with Gasteiger partial charge in [0.1, 0.15) is 0 Å². The first-order valence-electron chi connectivity index (χ1n) is 6.23. The number of hydrogen-bond acceptors (Lipinski definition) is 1. The van der Waals surface area contributed by atoms with Crippen molar-refractivity contribution in [2.75, 3.05) is 13.1 Å². The molecule has 0 aliphatic carbocycles. The maximum absolute atomic E-state index is 2.46. The van der Waals surface area contributed by atoms with E-state index in [4.69, 9.17) is 0 Å². The van der Waals surface area contributed by atoms with Crippen LogP contribution in [0.2, 0.25) is 0 Å². The molecule has 1 rings (SSSR count). The van der Waals surface area contributed by atoms with E-state index in [1.54, 1.807) is 0 Å². The van der Waals surface area contributed by atoms with E-state index in [-0.39, 0.29) is 0 Å². The summed E-state index contributed by atoms with van der Waals surface area (Å²) >= 11 is 2.46. The number of rotatable bonds is 6. The molecular formula is C12H24IN. The Hall–Kier alpha value is 0.690. The summed E-state index contributed by atoms with van der Waals surface area (Å²) < 4.78 is 2.44. The summed E-state index contributed by atoms with van der Waals surface area (Å²) in [7, 11) is 0. The maximum Gasteiger partial charge on any atom is 0.0201 e. The van der Waals surface area contributed by atoms with Gasteiger partial charge in [0.2, 0.25) is 0 Å². The fourth-order valence-corrected chi connectivity index (χ4v) is 2.78. The fraction of sp³-hybridized carbons (Fsp3) is 1.00. The summed E-state index contributed by atoms with van der Waals surface area (Å²) in [6.45, 7) is 4.93. The Kier molecular flexibility index (Phi) is 7.21. The van der Waals surface area contributed by atoms with Crippen molar-refractivity contribution in [2.24, 2.45) is 5.92 Å². The summed E-state index contributed by atoms with van der Waals surface area (Å²) in [5, 5.41) is 0. The minimum Gasteiger partial charge on any atom is -0.248 e. The Balaban J connectivity index is 1.91. The monoisotopic (exact) mass is 309 g/mol. The molecule has 0 amide bonds. The SMILES string of the molecule is CCCCCCCC1CCN(I)CC1. The summed E-state index contributed by atoms with van der Waals surface area (Å²) in [5.41, 5.74) is 0. The van der Waals surface area contributed by atoms with Crippen LogP contribution < -0.4 is 0 Å². The van der Waals surface area contributed by atoms with Gasteiger partial charge in [-0.1, -0.05) is 45.4 Å². The second-order valence-electron chi connectivity index (χ2n) is 4.56. The minimum atomic E-state index is 1.04. The lowest BCUT2D eigenvalue weighted by Crippen LogP contribution is -2.25. The van der Waals surface area contributed by atoms with E-state index in [2.05, 4.69) is 32.9 Å². The predicted octanol–water partition coefficient (Wildman–Crippen LogP) is 4.41. The third-order valence-electron chi connectivity index (χ3n) is 3.28. The standard InChI is InChI=1S/C12H24IN/c1-2-3-4-5-6-7-12-8-10-14(13)11-9-12/h12H,2-11H2,1H3. The van der Waals surface area contributed by atoms with E-state index in [0.717, 1.165) is 5.92 Å². The number of piperidine rings is 1. The largest absolute Gasteiger partial charge is 0.248 e. The van der Waals surface area contributed by atoms with Crippen LogP contribution in [0.15, 0.2) is 0 Å². The first kappa shape index (κ1) is 12.8. The summed E-state index contributed by atoms with van der Waals surface area (Å²) in [5.74, 6) is 1.04. The molecule has 84 valence electrons. The molecule has 14 heavy (non-hydrogen) atoms. The van der Waals surface area contributed by atoms with Crippen molar-refractivity contribution in [1.82, 2.24) is 3.11 Å². The van der Waals surface area contributed by atoms with Gasteiger partial charge in [0.15, 0.2) is 0 Å². The molecule has 0 radical (unpaired) electrons. The molecule has 1 heterocycles. The van der Waals surface area contributed by atoms with Crippen LogP contribution in [0.5, 0.6) is 0 Å². The molecule has 0 atom stereocenters. The molecule has 0 spiro atoms. The van der Waals surface area contributed by atoms with E-state index >= 15 is 0 Å². The molecule has 0 N–H and O–H groups in total. The molecule has 0 unspecified atom stereocenters. The van der Waals surface area contributed by atoms with Gasteiger partial charge in [-0.15, -0.1) is 0 Å². The quantitative estimate of drug-likeness (QED) is 0.399. The maximum atomic E-state index is 2.46. The van der Waals surface area contributed by atoms with Crippen molar-refractivity contribution in [2.45, 2.75) is 58.3 Å². The predicted molar refractivity (Wildman–Crippen MR) is 71.7 cm³/mol. The number of unbranched alkanes of at least 4 members (excludes halogenated alkanes) is 4. The van der Waals surface area contributed by atoms with Gasteiger partial charge in [0, 0.05) is 36.0 Å². The van der Waals surface area contributed by atoms with Gasteiger partial charge in [0.25, 0.3) is 0 Å². The molecule has 1 aliphatic heterocycles. The Morgan fingerprint density at radius 2 is 1.71 bits per heavy atom. The third kappa shape index (κ3) is 5.54. The van der Waals surface area contributed by atoms with E-state index in [1.165, 1.54) is 64.5 Å². The van der Waals surface area contributed by atoms with Crippen LogP contribution in [0.25, 0.3) is 0 Å². The molecule has 0 bridgehead atoms.